The Kier molecular flexibility index (Phi) is 8.52. The number of hydrogen-bond acceptors (Lipinski definition) is 2. The molecule has 0 aliphatic heterocycles. The Morgan fingerprint density at radius 2 is 1.59 bits per heavy atom. The zero-order valence-corrected chi connectivity index (χ0v) is 12.9. The first-order chi connectivity index (χ1) is 7.86. The number of nitrogens with zero attached hydrogens (tertiary/aromatic N) is 1. The molecule has 0 amide bonds. The highest BCUT2D eigenvalue weighted by Gasteiger charge is 2.14. The Bertz CT molecular complexity index is 209. The van der Waals surface area contributed by atoms with Crippen LogP contribution in [0, 0.1) is 11.8 Å². The lowest BCUT2D eigenvalue weighted by molar-refractivity contribution is 0.177. The van der Waals surface area contributed by atoms with Gasteiger partial charge in [0.15, 0.2) is 5.11 Å². The summed E-state index contributed by atoms with van der Waals surface area (Å²) in [6.07, 6.45) is 0. The molecule has 0 aromatic heterocycles. The van der Waals surface area contributed by atoms with E-state index in [-0.39, 0.29) is 6.04 Å². The molecule has 4 heteroatoms. The Balaban J connectivity index is 4.30. The second-order valence-electron chi connectivity index (χ2n) is 5.50. The third-order valence-corrected chi connectivity index (χ3v) is 2.62. The van der Waals surface area contributed by atoms with Gasteiger partial charge in [-0.2, -0.15) is 0 Å². The van der Waals surface area contributed by atoms with Gasteiger partial charge in [0.05, 0.1) is 6.61 Å². The van der Waals surface area contributed by atoms with Crippen molar-refractivity contribution in [1.29, 1.82) is 0 Å². The van der Waals surface area contributed by atoms with Gasteiger partial charge in [-0.05, 0) is 31.0 Å². The van der Waals surface area contributed by atoms with Crippen molar-refractivity contribution in [2.24, 2.45) is 11.8 Å². The van der Waals surface area contributed by atoms with E-state index in [4.69, 9.17) is 17.0 Å². The van der Waals surface area contributed by atoms with Crippen molar-refractivity contribution in [2.75, 3.05) is 26.8 Å². The maximum Gasteiger partial charge on any atom is 0.169 e. The lowest BCUT2D eigenvalue weighted by Crippen LogP contribution is -2.47. The van der Waals surface area contributed by atoms with Gasteiger partial charge in [0.1, 0.15) is 0 Å². The van der Waals surface area contributed by atoms with Gasteiger partial charge in [0.25, 0.3) is 0 Å². The Morgan fingerprint density at radius 1 is 1.12 bits per heavy atom. The van der Waals surface area contributed by atoms with E-state index < -0.39 is 0 Å². The monoisotopic (exact) mass is 260 g/mol. The lowest BCUT2D eigenvalue weighted by Gasteiger charge is -2.30. The summed E-state index contributed by atoms with van der Waals surface area (Å²) in [6, 6.07) is 0.259. The van der Waals surface area contributed by atoms with E-state index >= 15 is 0 Å². The quantitative estimate of drug-likeness (QED) is 0.711. The van der Waals surface area contributed by atoms with E-state index in [0.717, 1.165) is 18.2 Å². The molecular weight excluding hydrogens is 232 g/mol. The van der Waals surface area contributed by atoms with Crippen LogP contribution in [0.2, 0.25) is 0 Å². The molecular formula is C13H28N2OS. The van der Waals surface area contributed by atoms with Crippen LogP contribution >= 0.6 is 12.2 Å². The van der Waals surface area contributed by atoms with Crippen LogP contribution < -0.4 is 5.32 Å². The average molecular weight is 260 g/mol. The summed E-state index contributed by atoms with van der Waals surface area (Å²) in [7, 11) is 1.71. The van der Waals surface area contributed by atoms with E-state index in [2.05, 4.69) is 44.8 Å². The van der Waals surface area contributed by atoms with Crippen molar-refractivity contribution in [3.8, 4) is 0 Å². The number of methoxy groups -OCH3 is 1. The zero-order chi connectivity index (χ0) is 13.4. The van der Waals surface area contributed by atoms with E-state index in [1.165, 1.54) is 0 Å². The van der Waals surface area contributed by atoms with Gasteiger partial charge in [0.2, 0.25) is 0 Å². The van der Waals surface area contributed by atoms with E-state index in [1.807, 2.05) is 0 Å². The summed E-state index contributed by atoms with van der Waals surface area (Å²) in [6.45, 7) is 13.6. The number of ether oxygens (including phenoxy) is 1. The predicted molar refractivity (Wildman–Crippen MR) is 78.3 cm³/mol. The molecule has 0 saturated carbocycles. The standard InChI is InChI=1S/C13H28N2OS/c1-10(2)7-15(8-11(3)4)13(17)14-12(5)9-16-6/h10-12H,7-9H2,1-6H3,(H,14,17). The molecule has 0 spiro atoms. The maximum atomic E-state index is 5.46. The summed E-state index contributed by atoms with van der Waals surface area (Å²) in [5.41, 5.74) is 0. The second kappa shape index (κ2) is 8.70. The first-order valence-electron chi connectivity index (χ1n) is 6.41. The first-order valence-corrected chi connectivity index (χ1v) is 6.82. The van der Waals surface area contributed by atoms with Gasteiger partial charge in [0, 0.05) is 26.2 Å². The molecule has 102 valence electrons. The largest absolute Gasteiger partial charge is 0.383 e. The summed E-state index contributed by atoms with van der Waals surface area (Å²) in [4.78, 5) is 2.26. The predicted octanol–water partition coefficient (Wildman–Crippen LogP) is 2.51. The Hall–Kier alpha value is -0.350. The molecule has 1 unspecified atom stereocenters. The maximum absolute atomic E-state index is 5.46. The van der Waals surface area contributed by atoms with E-state index in [0.29, 0.717) is 18.4 Å². The van der Waals surface area contributed by atoms with Crippen LogP contribution in [0.3, 0.4) is 0 Å². The highest BCUT2D eigenvalue weighted by atomic mass is 32.1. The molecule has 0 aromatic rings. The highest BCUT2D eigenvalue weighted by molar-refractivity contribution is 7.80. The fraction of sp³-hybridized carbons (Fsp3) is 0.923. The summed E-state index contributed by atoms with van der Waals surface area (Å²) in [5, 5.41) is 4.17. The molecule has 17 heavy (non-hydrogen) atoms. The van der Waals surface area contributed by atoms with Crippen molar-refractivity contribution < 1.29 is 4.74 Å². The molecule has 3 nitrogen and oxygen atoms in total. The van der Waals surface area contributed by atoms with Crippen molar-refractivity contribution in [3.63, 3.8) is 0 Å². The second-order valence-corrected chi connectivity index (χ2v) is 5.89. The van der Waals surface area contributed by atoms with Gasteiger partial charge in [-0.3, -0.25) is 0 Å². The lowest BCUT2D eigenvalue weighted by atomic mass is 10.1. The Labute approximate surface area is 112 Å². The van der Waals surface area contributed by atoms with Crippen LogP contribution in [0.25, 0.3) is 0 Å². The molecule has 0 bridgehead atoms. The fourth-order valence-corrected chi connectivity index (χ4v) is 2.07. The SMILES string of the molecule is COCC(C)NC(=S)N(CC(C)C)CC(C)C. The van der Waals surface area contributed by atoms with Crippen LogP contribution in [0.1, 0.15) is 34.6 Å². The minimum Gasteiger partial charge on any atom is -0.383 e. The van der Waals surface area contributed by atoms with Crippen molar-refractivity contribution in [1.82, 2.24) is 10.2 Å². The van der Waals surface area contributed by atoms with Crippen LogP contribution in [0.5, 0.6) is 0 Å². The normalized spacial score (nSPS) is 12.9. The molecule has 1 N–H and O–H groups in total. The molecule has 0 saturated heterocycles. The van der Waals surface area contributed by atoms with Gasteiger partial charge in [-0.15, -0.1) is 0 Å². The number of nitrogens with one attached hydrogen (secondary N) is 1. The third-order valence-electron chi connectivity index (χ3n) is 2.24. The number of hydrogen-bond donors (Lipinski definition) is 1. The van der Waals surface area contributed by atoms with Gasteiger partial charge in [-0.1, -0.05) is 27.7 Å². The third kappa shape index (κ3) is 8.38. The van der Waals surface area contributed by atoms with E-state index in [1.54, 1.807) is 7.11 Å². The van der Waals surface area contributed by atoms with Gasteiger partial charge in [-0.25, -0.2) is 0 Å². The van der Waals surface area contributed by atoms with Crippen LogP contribution in [-0.2, 0) is 4.74 Å². The molecule has 0 aliphatic carbocycles. The molecule has 0 heterocycles. The minimum atomic E-state index is 0.259. The van der Waals surface area contributed by atoms with Crippen molar-refractivity contribution >= 4 is 17.3 Å². The van der Waals surface area contributed by atoms with E-state index in [9.17, 15) is 0 Å². The molecule has 0 rings (SSSR count). The topological polar surface area (TPSA) is 24.5 Å². The van der Waals surface area contributed by atoms with Crippen LogP contribution in [0.4, 0.5) is 0 Å². The summed E-state index contributed by atoms with van der Waals surface area (Å²) >= 11 is 5.46. The van der Waals surface area contributed by atoms with Crippen molar-refractivity contribution in [2.45, 2.75) is 40.7 Å². The smallest absolute Gasteiger partial charge is 0.169 e. The molecule has 1 atom stereocenters. The molecule has 0 aliphatic rings. The number of thiocarbonyl (C=S) groups is 1. The first kappa shape index (κ1) is 16.6. The van der Waals surface area contributed by atoms with Crippen molar-refractivity contribution in [3.05, 3.63) is 0 Å². The molecule has 0 fully saturated rings. The fourth-order valence-electron chi connectivity index (χ4n) is 1.72. The minimum absolute atomic E-state index is 0.259. The Morgan fingerprint density at radius 3 is 1.94 bits per heavy atom. The van der Waals surface area contributed by atoms with Crippen LogP contribution in [-0.4, -0.2) is 42.9 Å². The summed E-state index contributed by atoms with van der Waals surface area (Å²) < 4.78 is 5.11. The molecule has 0 radical (unpaired) electrons. The van der Waals surface area contributed by atoms with Crippen LogP contribution in [0.15, 0.2) is 0 Å². The zero-order valence-electron chi connectivity index (χ0n) is 12.1. The number of rotatable bonds is 7. The average Bonchev–Trinajstić information content (AvgIpc) is 2.15. The molecule has 0 aromatic carbocycles. The summed E-state index contributed by atoms with van der Waals surface area (Å²) in [5.74, 6) is 1.23. The highest BCUT2D eigenvalue weighted by Crippen LogP contribution is 2.05. The van der Waals surface area contributed by atoms with Gasteiger partial charge >= 0.3 is 0 Å². The van der Waals surface area contributed by atoms with Gasteiger partial charge < -0.3 is 15.0 Å².